The second-order valence-electron chi connectivity index (χ2n) is 5.30. The fourth-order valence-electron chi connectivity index (χ4n) is 2.64. The molecule has 0 unspecified atom stereocenters. The smallest absolute Gasteiger partial charge is 0.170 e. The summed E-state index contributed by atoms with van der Waals surface area (Å²) in [6.07, 6.45) is 5.52. The Kier molecular flexibility index (Phi) is 4.91. The summed E-state index contributed by atoms with van der Waals surface area (Å²) in [6.45, 7) is 2.20. The van der Waals surface area contributed by atoms with Gasteiger partial charge >= 0.3 is 0 Å². The van der Waals surface area contributed by atoms with E-state index in [2.05, 4.69) is 20.8 Å². The molecule has 6 nitrogen and oxygen atoms in total. The van der Waals surface area contributed by atoms with Crippen LogP contribution in [0.3, 0.4) is 0 Å². The molecule has 0 radical (unpaired) electrons. The second-order valence-corrected chi connectivity index (χ2v) is 5.30. The minimum atomic E-state index is 0.474. The monoisotopic (exact) mass is 287 g/mol. The van der Waals surface area contributed by atoms with Crippen LogP contribution in [0.4, 0.5) is 0 Å². The van der Waals surface area contributed by atoms with E-state index in [1.54, 1.807) is 4.68 Å². The average molecular weight is 287 g/mol. The lowest BCUT2D eigenvalue weighted by atomic mass is 10.3. The van der Waals surface area contributed by atoms with Gasteiger partial charge in [0.15, 0.2) is 5.82 Å². The third-order valence-corrected chi connectivity index (χ3v) is 3.75. The Bertz CT molecular complexity index is 536. The summed E-state index contributed by atoms with van der Waals surface area (Å²) >= 11 is 0. The quantitative estimate of drug-likeness (QED) is 0.785. The Labute approximate surface area is 124 Å². The first-order chi connectivity index (χ1) is 10.4. The fourth-order valence-corrected chi connectivity index (χ4v) is 2.64. The maximum absolute atomic E-state index is 5.82. The van der Waals surface area contributed by atoms with Gasteiger partial charge in [0.2, 0.25) is 0 Å². The minimum Gasteiger partial charge on any atom is -0.377 e. The SMILES string of the molecule is c1ccc(-n2nnnc2CNCCOC2CCCC2)cc1. The third kappa shape index (κ3) is 3.86. The molecular formula is C15H21N5O. The highest BCUT2D eigenvalue weighted by Gasteiger charge is 2.14. The van der Waals surface area contributed by atoms with E-state index in [-0.39, 0.29) is 0 Å². The Morgan fingerprint density at radius 2 is 2.00 bits per heavy atom. The zero-order chi connectivity index (χ0) is 14.3. The zero-order valence-electron chi connectivity index (χ0n) is 12.1. The molecule has 0 spiro atoms. The predicted molar refractivity (Wildman–Crippen MR) is 79.1 cm³/mol. The van der Waals surface area contributed by atoms with Crippen molar-refractivity contribution >= 4 is 0 Å². The Balaban J connectivity index is 1.44. The number of rotatable bonds is 7. The van der Waals surface area contributed by atoms with Crippen molar-refractivity contribution in [2.75, 3.05) is 13.2 Å². The maximum Gasteiger partial charge on any atom is 0.170 e. The van der Waals surface area contributed by atoms with E-state index in [0.29, 0.717) is 12.6 Å². The molecule has 1 aromatic carbocycles. The highest BCUT2D eigenvalue weighted by Crippen LogP contribution is 2.20. The van der Waals surface area contributed by atoms with Crippen LogP contribution < -0.4 is 5.32 Å². The third-order valence-electron chi connectivity index (χ3n) is 3.75. The van der Waals surface area contributed by atoms with Crippen molar-refractivity contribution in [3.05, 3.63) is 36.2 Å². The summed E-state index contributed by atoms with van der Waals surface area (Å²) < 4.78 is 7.57. The molecule has 1 heterocycles. The van der Waals surface area contributed by atoms with Gasteiger partial charge in [-0.05, 0) is 35.4 Å². The lowest BCUT2D eigenvalue weighted by Crippen LogP contribution is -2.23. The number of nitrogens with one attached hydrogen (secondary N) is 1. The minimum absolute atomic E-state index is 0.474. The van der Waals surface area contributed by atoms with Crippen LogP contribution in [-0.2, 0) is 11.3 Å². The van der Waals surface area contributed by atoms with Crippen LogP contribution in [0.25, 0.3) is 5.69 Å². The van der Waals surface area contributed by atoms with Gasteiger partial charge in [-0.25, -0.2) is 0 Å². The summed E-state index contributed by atoms with van der Waals surface area (Å²) in [7, 11) is 0. The Morgan fingerprint density at radius 1 is 1.19 bits per heavy atom. The number of ether oxygens (including phenoxy) is 1. The molecule has 1 N–H and O–H groups in total. The average Bonchev–Trinajstić information content (AvgIpc) is 3.19. The second kappa shape index (κ2) is 7.28. The molecular weight excluding hydrogens is 266 g/mol. The molecule has 0 bridgehead atoms. The van der Waals surface area contributed by atoms with Gasteiger partial charge in [0.25, 0.3) is 0 Å². The van der Waals surface area contributed by atoms with Crippen molar-refractivity contribution in [1.29, 1.82) is 0 Å². The zero-order valence-corrected chi connectivity index (χ0v) is 12.1. The van der Waals surface area contributed by atoms with Gasteiger partial charge in [-0.3, -0.25) is 0 Å². The van der Waals surface area contributed by atoms with E-state index < -0.39 is 0 Å². The van der Waals surface area contributed by atoms with Crippen molar-refractivity contribution in [2.45, 2.75) is 38.3 Å². The number of hydrogen-bond donors (Lipinski definition) is 1. The van der Waals surface area contributed by atoms with Crippen LogP contribution in [0.15, 0.2) is 30.3 Å². The van der Waals surface area contributed by atoms with Gasteiger partial charge < -0.3 is 10.1 Å². The topological polar surface area (TPSA) is 64.9 Å². The first kappa shape index (κ1) is 14.2. The molecule has 0 atom stereocenters. The van der Waals surface area contributed by atoms with Gasteiger partial charge in [0.05, 0.1) is 24.9 Å². The maximum atomic E-state index is 5.82. The van der Waals surface area contributed by atoms with Crippen molar-refractivity contribution in [2.24, 2.45) is 0 Å². The van der Waals surface area contributed by atoms with Gasteiger partial charge in [-0.2, -0.15) is 4.68 Å². The number of aromatic nitrogens is 4. The summed E-state index contributed by atoms with van der Waals surface area (Å²) in [4.78, 5) is 0. The standard InChI is InChI=1S/C15H21N5O/c1-2-6-13(7-3-1)20-15(17-18-19-20)12-16-10-11-21-14-8-4-5-9-14/h1-3,6-7,14,16H,4-5,8-12H2. The highest BCUT2D eigenvalue weighted by atomic mass is 16.5. The van der Waals surface area contributed by atoms with E-state index >= 15 is 0 Å². The van der Waals surface area contributed by atoms with Gasteiger partial charge in [0, 0.05) is 6.54 Å². The predicted octanol–water partition coefficient (Wildman–Crippen LogP) is 1.71. The number of hydrogen-bond acceptors (Lipinski definition) is 5. The fraction of sp³-hybridized carbons (Fsp3) is 0.533. The molecule has 0 amide bonds. The molecule has 3 rings (SSSR count). The molecule has 21 heavy (non-hydrogen) atoms. The molecule has 0 saturated heterocycles. The van der Waals surface area contributed by atoms with Crippen LogP contribution in [0, 0.1) is 0 Å². The Morgan fingerprint density at radius 3 is 2.81 bits per heavy atom. The van der Waals surface area contributed by atoms with Crippen LogP contribution in [0.5, 0.6) is 0 Å². The van der Waals surface area contributed by atoms with Crippen molar-refractivity contribution in [1.82, 2.24) is 25.5 Å². The van der Waals surface area contributed by atoms with Crippen molar-refractivity contribution in [3.8, 4) is 5.69 Å². The largest absolute Gasteiger partial charge is 0.377 e. The molecule has 0 aliphatic heterocycles. The van der Waals surface area contributed by atoms with E-state index in [0.717, 1.165) is 24.7 Å². The summed E-state index contributed by atoms with van der Waals surface area (Å²) in [6, 6.07) is 9.91. The molecule has 1 aliphatic rings. The number of nitrogens with zero attached hydrogens (tertiary/aromatic N) is 4. The number of benzene rings is 1. The van der Waals surface area contributed by atoms with Crippen LogP contribution >= 0.6 is 0 Å². The van der Waals surface area contributed by atoms with E-state index in [9.17, 15) is 0 Å². The van der Waals surface area contributed by atoms with Crippen LogP contribution in [0.2, 0.25) is 0 Å². The van der Waals surface area contributed by atoms with Gasteiger partial charge in [-0.15, -0.1) is 5.10 Å². The van der Waals surface area contributed by atoms with Gasteiger partial charge in [-0.1, -0.05) is 31.0 Å². The molecule has 1 aliphatic carbocycles. The number of para-hydroxylation sites is 1. The van der Waals surface area contributed by atoms with Crippen LogP contribution in [-0.4, -0.2) is 39.5 Å². The molecule has 1 fully saturated rings. The van der Waals surface area contributed by atoms with Crippen molar-refractivity contribution < 1.29 is 4.74 Å². The Hall–Kier alpha value is -1.79. The van der Waals surface area contributed by atoms with E-state index in [1.165, 1.54) is 25.7 Å². The normalized spacial score (nSPS) is 15.6. The van der Waals surface area contributed by atoms with Gasteiger partial charge in [0.1, 0.15) is 0 Å². The lowest BCUT2D eigenvalue weighted by molar-refractivity contribution is 0.0602. The first-order valence-corrected chi connectivity index (χ1v) is 7.58. The van der Waals surface area contributed by atoms with E-state index in [1.807, 2.05) is 30.3 Å². The summed E-state index contributed by atoms with van der Waals surface area (Å²) in [5.74, 6) is 0.807. The summed E-state index contributed by atoms with van der Waals surface area (Å²) in [5, 5.41) is 15.2. The highest BCUT2D eigenvalue weighted by molar-refractivity contribution is 5.30. The van der Waals surface area contributed by atoms with Crippen molar-refractivity contribution in [3.63, 3.8) is 0 Å². The summed E-state index contributed by atoms with van der Waals surface area (Å²) in [5.41, 5.74) is 0.974. The molecule has 112 valence electrons. The van der Waals surface area contributed by atoms with Crippen LogP contribution in [0.1, 0.15) is 31.5 Å². The first-order valence-electron chi connectivity index (χ1n) is 7.58. The number of tetrazole rings is 1. The molecule has 6 heteroatoms. The molecule has 2 aromatic rings. The lowest BCUT2D eigenvalue weighted by Gasteiger charge is -2.11. The van der Waals surface area contributed by atoms with E-state index in [4.69, 9.17) is 4.74 Å². The molecule has 1 aromatic heterocycles. The molecule has 1 saturated carbocycles.